The fourth-order valence-corrected chi connectivity index (χ4v) is 4.70. The summed E-state index contributed by atoms with van der Waals surface area (Å²) in [5, 5.41) is -3.67. The number of hydrogen-bond acceptors (Lipinski definition) is 11. The molecular formula is C17H23N3O13S2. The maximum absolute atomic E-state index is 11.9. The number of nitrogens with zero attached hydrogens (tertiary/aromatic N) is 2. The molecule has 3 N–H and O–H groups in total. The number of rotatable bonds is 12. The van der Waals surface area contributed by atoms with Gasteiger partial charge in [-0.25, -0.2) is 4.79 Å². The minimum absolute atomic E-state index is 0.0213. The average molecular weight is 542 g/mol. The Morgan fingerprint density at radius 3 is 1.80 bits per heavy atom. The quantitative estimate of drug-likeness (QED) is 0.141. The smallest absolute Gasteiger partial charge is 0.330 e. The Hall–Kier alpha value is -2.96. The molecule has 2 heterocycles. The van der Waals surface area contributed by atoms with Crippen LogP contribution in [-0.4, -0.2) is 82.0 Å². The molecule has 2 saturated heterocycles. The molecule has 0 spiro atoms. The van der Waals surface area contributed by atoms with Crippen LogP contribution in [0.4, 0.5) is 0 Å². The summed E-state index contributed by atoms with van der Waals surface area (Å²) in [5.74, 6) is -6.31. The van der Waals surface area contributed by atoms with Crippen molar-refractivity contribution in [2.24, 2.45) is 0 Å². The summed E-state index contributed by atoms with van der Waals surface area (Å²) >= 11 is 0. The highest BCUT2D eigenvalue weighted by molar-refractivity contribution is 7.87. The zero-order chi connectivity index (χ0) is 26.6. The zero-order valence-electron chi connectivity index (χ0n) is 18.1. The summed E-state index contributed by atoms with van der Waals surface area (Å²) in [6.07, 6.45) is 0.286. The molecule has 0 aromatic carbocycles. The van der Waals surface area contributed by atoms with Gasteiger partial charge in [0.05, 0.1) is 12.8 Å². The van der Waals surface area contributed by atoms with Gasteiger partial charge in [0, 0.05) is 12.8 Å². The first-order valence-corrected chi connectivity index (χ1v) is 13.3. The highest BCUT2D eigenvalue weighted by Crippen LogP contribution is 2.21. The molecule has 2 fully saturated rings. The van der Waals surface area contributed by atoms with Crippen molar-refractivity contribution >= 4 is 55.7 Å². The van der Waals surface area contributed by atoms with Crippen molar-refractivity contribution in [1.82, 2.24) is 15.5 Å². The molecule has 196 valence electrons. The van der Waals surface area contributed by atoms with Gasteiger partial charge in [0.15, 0.2) is 10.5 Å². The van der Waals surface area contributed by atoms with Crippen molar-refractivity contribution in [3.63, 3.8) is 0 Å². The first kappa shape index (κ1) is 28.3. The molecule has 0 bridgehead atoms. The number of nitrogens with one attached hydrogen (secondary N) is 1. The minimum Gasteiger partial charge on any atom is -0.330 e. The van der Waals surface area contributed by atoms with E-state index in [9.17, 15) is 45.6 Å². The van der Waals surface area contributed by atoms with Gasteiger partial charge in [-0.1, -0.05) is 19.3 Å². The molecule has 0 radical (unpaired) electrons. The topological polar surface area (TPSA) is 239 Å². The molecule has 2 atom stereocenters. The summed E-state index contributed by atoms with van der Waals surface area (Å²) < 4.78 is 62.1. The lowest BCUT2D eigenvalue weighted by molar-refractivity contribution is -0.197. The van der Waals surface area contributed by atoms with Crippen molar-refractivity contribution in [3.8, 4) is 0 Å². The van der Waals surface area contributed by atoms with Gasteiger partial charge in [-0.05, 0) is 12.8 Å². The van der Waals surface area contributed by atoms with Gasteiger partial charge in [0.1, 0.15) is 0 Å². The largest absolute Gasteiger partial charge is 0.333 e. The molecule has 18 heteroatoms. The van der Waals surface area contributed by atoms with Crippen LogP contribution in [0.1, 0.15) is 57.8 Å². The Morgan fingerprint density at radius 2 is 1.29 bits per heavy atom. The van der Waals surface area contributed by atoms with Crippen LogP contribution in [-0.2, 0) is 53.8 Å². The standard InChI is InChI=1S/C17H23N3O13S2/c21-12(18-19-13(22)8-10(16(19)25)34(27,28)29)6-4-2-1-3-5-7-15(24)33-20-14(23)9-11(17(20)26)35(30,31)32/h10-11H,1-9H2,(H,18,21)(H,27,28,29)(H,30,31,32). The molecule has 2 rings (SSSR count). The Bertz CT molecular complexity index is 1040. The van der Waals surface area contributed by atoms with E-state index in [0.29, 0.717) is 25.7 Å². The molecular weight excluding hydrogens is 518 g/mol. The summed E-state index contributed by atoms with van der Waals surface area (Å²) in [7, 11) is -9.59. The van der Waals surface area contributed by atoms with E-state index >= 15 is 0 Å². The van der Waals surface area contributed by atoms with E-state index in [2.05, 4.69) is 4.84 Å². The second kappa shape index (κ2) is 11.2. The van der Waals surface area contributed by atoms with E-state index in [4.69, 9.17) is 9.11 Å². The van der Waals surface area contributed by atoms with Crippen LogP contribution in [0.15, 0.2) is 0 Å². The number of hydrazine groups is 1. The van der Waals surface area contributed by atoms with Gasteiger partial charge < -0.3 is 4.84 Å². The van der Waals surface area contributed by atoms with E-state index in [1.165, 1.54) is 0 Å². The number of hydrogen-bond donors (Lipinski definition) is 3. The first-order chi connectivity index (χ1) is 16.1. The van der Waals surface area contributed by atoms with Gasteiger partial charge in [-0.2, -0.15) is 21.8 Å². The van der Waals surface area contributed by atoms with Crippen molar-refractivity contribution in [2.45, 2.75) is 68.3 Å². The van der Waals surface area contributed by atoms with Crippen LogP contribution in [0.2, 0.25) is 0 Å². The third-order valence-corrected chi connectivity index (χ3v) is 7.28. The predicted molar refractivity (Wildman–Crippen MR) is 110 cm³/mol. The van der Waals surface area contributed by atoms with Crippen molar-refractivity contribution in [2.75, 3.05) is 0 Å². The van der Waals surface area contributed by atoms with Gasteiger partial charge in [-0.15, -0.1) is 5.06 Å². The van der Waals surface area contributed by atoms with Gasteiger partial charge >= 0.3 is 5.97 Å². The summed E-state index contributed by atoms with van der Waals surface area (Å²) in [6.45, 7) is 0. The summed E-state index contributed by atoms with van der Waals surface area (Å²) in [5.41, 5.74) is 2.00. The van der Waals surface area contributed by atoms with Crippen LogP contribution < -0.4 is 5.43 Å². The van der Waals surface area contributed by atoms with Crippen LogP contribution in [0.5, 0.6) is 0 Å². The average Bonchev–Trinajstić information content (AvgIpc) is 3.18. The minimum atomic E-state index is -4.81. The lowest BCUT2D eigenvalue weighted by Crippen LogP contribution is -2.47. The number of hydroxylamine groups is 2. The Balaban J connectivity index is 1.61. The SMILES string of the molecule is O=C(CCCCCCCC(=O)ON1C(=O)CC(S(=O)(=O)O)C1=O)NN1C(=O)CC(S(=O)(=O)O)C1=O. The second-order valence-corrected chi connectivity index (χ2v) is 11.0. The van der Waals surface area contributed by atoms with Crippen LogP contribution in [0.25, 0.3) is 0 Å². The zero-order valence-corrected chi connectivity index (χ0v) is 19.7. The van der Waals surface area contributed by atoms with Gasteiger partial charge in [0.25, 0.3) is 38.0 Å². The Morgan fingerprint density at radius 1 is 0.800 bits per heavy atom. The van der Waals surface area contributed by atoms with Gasteiger partial charge in [-0.3, -0.25) is 38.5 Å². The number of unbranched alkanes of at least 4 members (excludes halogenated alkanes) is 4. The molecule has 0 aromatic rings. The number of imide groups is 2. The van der Waals surface area contributed by atoms with E-state index in [1.807, 2.05) is 5.43 Å². The normalized spacial score (nSPS) is 21.1. The number of carbonyl (C=O) groups is 6. The molecule has 2 aliphatic heterocycles. The fraction of sp³-hybridized carbons (Fsp3) is 0.647. The van der Waals surface area contributed by atoms with Crippen LogP contribution >= 0.6 is 0 Å². The van der Waals surface area contributed by atoms with Crippen molar-refractivity contribution < 1.29 is 59.5 Å². The Kier molecular flexibility index (Phi) is 9.04. The molecule has 2 unspecified atom stereocenters. The van der Waals surface area contributed by atoms with Crippen LogP contribution in [0, 0.1) is 0 Å². The molecule has 0 aliphatic carbocycles. The second-order valence-electron chi connectivity index (χ2n) is 7.78. The van der Waals surface area contributed by atoms with E-state index in [1.54, 1.807) is 0 Å². The third kappa shape index (κ3) is 7.51. The first-order valence-electron chi connectivity index (χ1n) is 10.3. The van der Waals surface area contributed by atoms with Crippen LogP contribution in [0.3, 0.4) is 0 Å². The highest BCUT2D eigenvalue weighted by Gasteiger charge is 2.48. The van der Waals surface area contributed by atoms with E-state index < -0.39 is 79.1 Å². The predicted octanol–water partition coefficient (Wildman–Crippen LogP) is -1.76. The monoisotopic (exact) mass is 541 g/mol. The van der Waals surface area contributed by atoms with E-state index in [-0.39, 0.29) is 29.3 Å². The molecule has 35 heavy (non-hydrogen) atoms. The van der Waals surface area contributed by atoms with Crippen molar-refractivity contribution in [3.05, 3.63) is 0 Å². The lowest BCUT2D eigenvalue weighted by atomic mass is 10.1. The van der Waals surface area contributed by atoms with Gasteiger partial charge in [0.2, 0.25) is 11.8 Å². The Labute approximate surface area is 199 Å². The maximum atomic E-state index is 11.9. The number of carbonyl (C=O) groups excluding carboxylic acids is 6. The maximum Gasteiger partial charge on any atom is 0.333 e. The molecule has 2 aliphatic rings. The molecule has 0 aromatic heterocycles. The summed E-state index contributed by atoms with van der Waals surface area (Å²) in [6, 6.07) is 0. The highest BCUT2D eigenvalue weighted by atomic mass is 32.2. The fourth-order valence-electron chi connectivity index (χ4n) is 3.28. The molecule has 5 amide bonds. The molecule has 0 saturated carbocycles. The van der Waals surface area contributed by atoms with E-state index in [0.717, 1.165) is 0 Å². The number of amides is 5. The summed E-state index contributed by atoms with van der Waals surface area (Å²) in [4.78, 5) is 75.2. The third-order valence-electron chi connectivity index (χ3n) is 5.10. The van der Waals surface area contributed by atoms with Crippen molar-refractivity contribution in [1.29, 1.82) is 0 Å². The lowest BCUT2D eigenvalue weighted by Gasteiger charge is -2.15. The molecule has 16 nitrogen and oxygen atoms in total.